The van der Waals surface area contributed by atoms with Crippen LogP contribution in [0.15, 0.2) is 11.0 Å². The molecule has 2 rings (SSSR count). The lowest BCUT2D eigenvalue weighted by Gasteiger charge is -2.03. The molecule has 0 saturated heterocycles. The van der Waals surface area contributed by atoms with Gasteiger partial charge in [-0.1, -0.05) is 13.8 Å². The van der Waals surface area contributed by atoms with Gasteiger partial charge < -0.3 is 0 Å². The van der Waals surface area contributed by atoms with Crippen LogP contribution in [0, 0.1) is 0 Å². The van der Waals surface area contributed by atoms with Crippen LogP contribution >= 0.6 is 0 Å². The van der Waals surface area contributed by atoms with Crippen LogP contribution in [0.1, 0.15) is 25.5 Å². The Balaban J connectivity index is 2.91. The SMILES string of the molecule is CC(C)c1n[nH]c(=O)c2c1cnn2C. The molecule has 0 unspecified atom stereocenters. The molecular weight excluding hydrogens is 180 g/mol. The smallest absolute Gasteiger partial charge is 0.266 e. The fraction of sp³-hybridized carbons (Fsp3) is 0.444. The van der Waals surface area contributed by atoms with Gasteiger partial charge in [0.25, 0.3) is 5.56 Å². The maximum absolute atomic E-state index is 11.5. The first-order valence-corrected chi connectivity index (χ1v) is 4.51. The molecule has 0 radical (unpaired) electrons. The van der Waals surface area contributed by atoms with Gasteiger partial charge in [0, 0.05) is 12.4 Å². The number of hydrogen-bond acceptors (Lipinski definition) is 3. The summed E-state index contributed by atoms with van der Waals surface area (Å²) in [7, 11) is 1.75. The van der Waals surface area contributed by atoms with Crippen LogP contribution in [0.25, 0.3) is 10.9 Å². The van der Waals surface area contributed by atoms with Crippen molar-refractivity contribution in [1.29, 1.82) is 0 Å². The minimum atomic E-state index is -0.190. The zero-order valence-corrected chi connectivity index (χ0v) is 8.40. The van der Waals surface area contributed by atoms with Gasteiger partial charge in [-0.3, -0.25) is 9.48 Å². The zero-order valence-electron chi connectivity index (χ0n) is 8.40. The Morgan fingerprint density at radius 2 is 2.21 bits per heavy atom. The van der Waals surface area contributed by atoms with E-state index in [1.54, 1.807) is 17.9 Å². The Labute approximate surface area is 80.7 Å². The second kappa shape index (κ2) is 2.94. The fourth-order valence-corrected chi connectivity index (χ4v) is 1.56. The fourth-order valence-electron chi connectivity index (χ4n) is 1.56. The molecule has 0 bridgehead atoms. The summed E-state index contributed by atoms with van der Waals surface area (Å²) in [6, 6.07) is 0. The lowest BCUT2D eigenvalue weighted by Crippen LogP contribution is -2.13. The summed E-state index contributed by atoms with van der Waals surface area (Å²) in [6.07, 6.45) is 1.69. The standard InChI is InChI=1S/C9H12N4O/c1-5(2)7-6-4-10-13(3)8(6)9(14)12-11-7/h4-5H,1-3H3,(H,12,14). The normalized spacial score (nSPS) is 11.4. The molecule has 0 fully saturated rings. The average Bonchev–Trinajstić information content (AvgIpc) is 2.49. The number of hydrogen-bond donors (Lipinski definition) is 1. The van der Waals surface area contributed by atoms with Crippen molar-refractivity contribution in [2.24, 2.45) is 7.05 Å². The third kappa shape index (κ3) is 1.13. The number of rotatable bonds is 1. The predicted octanol–water partition coefficient (Wildman–Crippen LogP) is 0.780. The Bertz CT molecular complexity index is 523. The number of aromatic amines is 1. The Morgan fingerprint density at radius 3 is 2.86 bits per heavy atom. The minimum absolute atomic E-state index is 0.190. The van der Waals surface area contributed by atoms with Gasteiger partial charge in [0.05, 0.1) is 11.9 Å². The maximum atomic E-state index is 11.5. The minimum Gasteiger partial charge on any atom is -0.266 e. The molecule has 2 aromatic rings. The number of H-pyrrole nitrogens is 1. The Kier molecular flexibility index (Phi) is 1.87. The van der Waals surface area contributed by atoms with Crippen LogP contribution in [0.5, 0.6) is 0 Å². The predicted molar refractivity (Wildman–Crippen MR) is 53.2 cm³/mol. The molecule has 1 N–H and O–H groups in total. The molecule has 0 aromatic carbocycles. The topological polar surface area (TPSA) is 63.6 Å². The number of aryl methyl sites for hydroxylation is 1. The number of fused-ring (bicyclic) bond motifs is 1. The molecule has 14 heavy (non-hydrogen) atoms. The third-order valence-electron chi connectivity index (χ3n) is 2.25. The van der Waals surface area contributed by atoms with E-state index in [1.165, 1.54) is 0 Å². The highest BCUT2D eigenvalue weighted by Crippen LogP contribution is 2.18. The first-order chi connectivity index (χ1) is 6.61. The maximum Gasteiger partial charge on any atom is 0.290 e. The highest BCUT2D eigenvalue weighted by atomic mass is 16.1. The van der Waals surface area contributed by atoms with E-state index in [0.717, 1.165) is 11.1 Å². The van der Waals surface area contributed by atoms with Crippen molar-refractivity contribution in [1.82, 2.24) is 20.0 Å². The van der Waals surface area contributed by atoms with Gasteiger partial charge in [-0.2, -0.15) is 10.2 Å². The largest absolute Gasteiger partial charge is 0.290 e. The molecule has 2 aromatic heterocycles. The van der Waals surface area contributed by atoms with E-state index in [1.807, 2.05) is 13.8 Å². The quantitative estimate of drug-likeness (QED) is 0.726. The second-order valence-electron chi connectivity index (χ2n) is 3.62. The third-order valence-corrected chi connectivity index (χ3v) is 2.25. The molecule has 0 aliphatic heterocycles. The summed E-state index contributed by atoms with van der Waals surface area (Å²) in [5.41, 5.74) is 1.28. The zero-order chi connectivity index (χ0) is 10.3. The molecule has 0 saturated carbocycles. The van der Waals surface area contributed by atoms with Gasteiger partial charge in [-0.25, -0.2) is 5.10 Å². The molecule has 0 atom stereocenters. The van der Waals surface area contributed by atoms with Crippen LogP contribution in [0.4, 0.5) is 0 Å². The van der Waals surface area contributed by atoms with Crippen molar-refractivity contribution >= 4 is 10.9 Å². The monoisotopic (exact) mass is 192 g/mol. The van der Waals surface area contributed by atoms with Crippen LogP contribution in [-0.2, 0) is 7.05 Å². The van der Waals surface area contributed by atoms with E-state index < -0.39 is 0 Å². The number of nitrogens with one attached hydrogen (secondary N) is 1. The molecule has 74 valence electrons. The van der Waals surface area contributed by atoms with E-state index in [-0.39, 0.29) is 11.5 Å². The highest BCUT2D eigenvalue weighted by Gasteiger charge is 2.12. The van der Waals surface area contributed by atoms with E-state index in [0.29, 0.717) is 5.52 Å². The molecule has 5 nitrogen and oxygen atoms in total. The first-order valence-electron chi connectivity index (χ1n) is 4.51. The molecule has 5 heteroatoms. The van der Waals surface area contributed by atoms with E-state index >= 15 is 0 Å². The van der Waals surface area contributed by atoms with Crippen molar-refractivity contribution in [3.63, 3.8) is 0 Å². The number of nitrogens with zero attached hydrogens (tertiary/aromatic N) is 3. The number of aromatic nitrogens is 4. The van der Waals surface area contributed by atoms with Gasteiger partial charge in [-0.15, -0.1) is 0 Å². The van der Waals surface area contributed by atoms with Crippen molar-refractivity contribution in [3.05, 3.63) is 22.2 Å². The molecule has 0 spiro atoms. The van der Waals surface area contributed by atoms with Gasteiger partial charge in [-0.05, 0) is 5.92 Å². The molecule has 0 aliphatic rings. The van der Waals surface area contributed by atoms with Crippen LogP contribution in [0.3, 0.4) is 0 Å². The summed E-state index contributed by atoms with van der Waals surface area (Å²) in [6.45, 7) is 4.07. The van der Waals surface area contributed by atoms with E-state index in [9.17, 15) is 4.79 Å². The first kappa shape index (κ1) is 8.93. The summed E-state index contributed by atoms with van der Waals surface area (Å²) in [5, 5.41) is 11.4. The molecule has 0 amide bonds. The lowest BCUT2D eigenvalue weighted by atomic mass is 10.1. The molecule has 0 aliphatic carbocycles. The lowest BCUT2D eigenvalue weighted by molar-refractivity contribution is 0.774. The van der Waals surface area contributed by atoms with Crippen LogP contribution in [0.2, 0.25) is 0 Å². The van der Waals surface area contributed by atoms with Crippen molar-refractivity contribution in [2.75, 3.05) is 0 Å². The summed E-state index contributed by atoms with van der Waals surface area (Å²) in [4.78, 5) is 11.5. The summed E-state index contributed by atoms with van der Waals surface area (Å²) >= 11 is 0. The second-order valence-corrected chi connectivity index (χ2v) is 3.62. The van der Waals surface area contributed by atoms with Crippen molar-refractivity contribution in [2.45, 2.75) is 19.8 Å². The van der Waals surface area contributed by atoms with Crippen LogP contribution < -0.4 is 5.56 Å². The average molecular weight is 192 g/mol. The van der Waals surface area contributed by atoms with Crippen molar-refractivity contribution < 1.29 is 0 Å². The van der Waals surface area contributed by atoms with Crippen LogP contribution in [-0.4, -0.2) is 20.0 Å². The Hall–Kier alpha value is -1.65. The van der Waals surface area contributed by atoms with Gasteiger partial charge in [0.15, 0.2) is 0 Å². The van der Waals surface area contributed by atoms with E-state index in [4.69, 9.17) is 0 Å². The van der Waals surface area contributed by atoms with E-state index in [2.05, 4.69) is 15.3 Å². The van der Waals surface area contributed by atoms with Crippen molar-refractivity contribution in [3.8, 4) is 0 Å². The molecule has 2 heterocycles. The Morgan fingerprint density at radius 1 is 1.50 bits per heavy atom. The van der Waals surface area contributed by atoms with Gasteiger partial charge in [0.2, 0.25) is 0 Å². The summed E-state index contributed by atoms with van der Waals surface area (Å²) in [5.74, 6) is 0.276. The highest BCUT2D eigenvalue weighted by molar-refractivity contribution is 5.80. The van der Waals surface area contributed by atoms with Gasteiger partial charge >= 0.3 is 0 Å². The van der Waals surface area contributed by atoms with Gasteiger partial charge in [0.1, 0.15) is 5.52 Å². The molecular formula is C9H12N4O. The summed E-state index contributed by atoms with van der Waals surface area (Å²) < 4.78 is 1.57.